The third kappa shape index (κ3) is 1.79. The fraction of sp³-hybridized carbons (Fsp3) is 0.875. The van der Waals surface area contributed by atoms with Crippen LogP contribution in [-0.4, -0.2) is 33.7 Å². The topological polar surface area (TPSA) is 57.7 Å². The van der Waals surface area contributed by atoms with Crippen molar-refractivity contribution in [3.63, 3.8) is 0 Å². The van der Waals surface area contributed by atoms with E-state index in [1.807, 2.05) is 0 Å². The Morgan fingerprint density at radius 1 is 1.31 bits per heavy atom. The van der Waals surface area contributed by atoms with Crippen LogP contribution in [0.4, 0.5) is 5.95 Å². The van der Waals surface area contributed by atoms with E-state index in [1.54, 1.807) is 0 Å². The van der Waals surface area contributed by atoms with Gasteiger partial charge in [-0.25, -0.2) is 5.10 Å². The van der Waals surface area contributed by atoms with Crippen LogP contribution in [0.25, 0.3) is 0 Å². The van der Waals surface area contributed by atoms with Gasteiger partial charge in [-0.15, -0.1) is 0 Å². The summed E-state index contributed by atoms with van der Waals surface area (Å²) in [7, 11) is 2.05. The van der Waals surface area contributed by atoms with E-state index in [9.17, 15) is 0 Å². The molecule has 1 aromatic heterocycles. The van der Waals surface area contributed by atoms with E-state index >= 15 is 0 Å². The number of tetrazole rings is 1. The van der Waals surface area contributed by atoms with Crippen molar-refractivity contribution in [3.8, 4) is 0 Å². The first kappa shape index (κ1) is 8.47. The lowest BCUT2D eigenvalue weighted by atomic mass is 9.95. The summed E-state index contributed by atoms with van der Waals surface area (Å²) in [5.74, 6) is 0.784. The smallest absolute Gasteiger partial charge is 0.242 e. The predicted molar refractivity (Wildman–Crippen MR) is 49.5 cm³/mol. The zero-order valence-electron chi connectivity index (χ0n) is 7.90. The molecule has 1 fully saturated rings. The minimum Gasteiger partial charge on any atom is -0.340 e. The highest BCUT2D eigenvalue weighted by atomic mass is 15.5. The Labute approximate surface area is 77.5 Å². The van der Waals surface area contributed by atoms with Crippen LogP contribution in [0.15, 0.2) is 0 Å². The van der Waals surface area contributed by atoms with Gasteiger partial charge in [0.1, 0.15) is 0 Å². The average Bonchev–Trinajstić information content (AvgIpc) is 2.71. The summed E-state index contributed by atoms with van der Waals surface area (Å²) in [6.07, 6.45) is 6.56. The third-order valence-corrected chi connectivity index (χ3v) is 2.79. The maximum atomic E-state index is 3.90. The molecule has 1 heterocycles. The van der Waals surface area contributed by atoms with Crippen LogP contribution in [0.5, 0.6) is 0 Å². The molecular weight excluding hydrogens is 166 g/mol. The van der Waals surface area contributed by atoms with E-state index in [0.717, 1.165) is 5.95 Å². The molecule has 0 saturated heterocycles. The first-order chi connectivity index (χ1) is 6.38. The van der Waals surface area contributed by atoms with Crippen LogP contribution in [0.2, 0.25) is 0 Å². The van der Waals surface area contributed by atoms with Crippen molar-refractivity contribution < 1.29 is 0 Å². The number of aromatic nitrogens is 4. The van der Waals surface area contributed by atoms with Crippen LogP contribution in [-0.2, 0) is 0 Å². The van der Waals surface area contributed by atoms with Crippen molar-refractivity contribution in [2.75, 3.05) is 11.9 Å². The van der Waals surface area contributed by atoms with Crippen LogP contribution >= 0.6 is 0 Å². The predicted octanol–water partition coefficient (Wildman–Crippen LogP) is 0.969. The van der Waals surface area contributed by atoms with Crippen molar-refractivity contribution in [3.05, 3.63) is 0 Å². The van der Waals surface area contributed by atoms with Crippen molar-refractivity contribution in [2.45, 2.75) is 38.1 Å². The molecule has 0 bridgehead atoms. The van der Waals surface area contributed by atoms with Gasteiger partial charge in [-0.1, -0.05) is 24.4 Å². The quantitative estimate of drug-likeness (QED) is 0.738. The SMILES string of the molecule is CN(c1nnn[nH]1)C1CCCCC1. The number of aromatic amines is 1. The molecule has 0 unspecified atom stereocenters. The van der Waals surface area contributed by atoms with E-state index in [4.69, 9.17) is 0 Å². The van der Waals surface area contributed by atoms with Gasteiger partial charge in [0.2, 0.25) is 5.95 Å². The lowest BCUT2D eigenvalue weighted by Crippen LogP contribution is -2.34. The fourth-order valence-electron chi connectivity index (χ4n) is 1.94. The molecule has 0 amide bonds. The third-order valence-electron chi connectivity index (χ3n) is 2.79. The molecule has 1 aliphatic rings. The summed E-state index contributed by atoms with van der Waals surface area (Å²) in [6.45, 7) is 0. The molecule has 72 valence electrons. The molecule has 0 aromatic carbocycles. The number of hydrogen-bond acceptors (Lipinski definition) is 4. The molecule has 0 atom stereocenters. The highest BCUT2D eigenvalue weighted by molar-refractivity contribution is 5.26. The summed E-state index contributed by atoms with van der Waals surface area (Å²) >= 11 is 0. The maximum absolute atomic E-state index is 3.90. The molecule has 0 aliphatic heterocycles. The molecular formula is C8H15N5. The van der Waals surface area contributed by atoms with E-state index in [1.165, 1.54) is 32.1 Å². The van der Waals surface area contributed by atoms with Crippen LogP contribution in [0.1, 0.15) is 32.1 Å². The first-order valence-corrected chi connectivity index (χ1v) is 4.84. The van der Waals surface area contributed by atoms with Crippen molar-refractivity contribution in [2.24, 2.45) is 0 Å². The zero-order valence-corrected chi connectivity index (χ0v) is 7.90. The molecule has 1 N–H and O–H groups in total. The van der Waals surface area contributed by atoms with E-state index in [-0.39, 0.29) is 0 Å². The zero-order chi connectivity index (χ0) is 9.10. The Morgan fingerprint density at radius 3 is 2.69 bits per heavy atom. The average molecular weight is 181 g/mol. The number of nitrogens with one attached hydrogen (secondary N) is 1. The minimum absolute atomic E-state index is 0.614. The van der Waals surface area contributed by atoms with Gasteiger partial charge in [-0.05, 0) is 23.3 Å². The molecule has 0 spiro atoms. The highest BCUT2D eigenvalue weighted by Crippen LogP contribution is 2.23. The van der Waals surface area contributed by atoms with Crippen LogP contribution < -0.4 is 4.90 Å². The van der Waals surface area contributed by atoms with Gasteiger partial charge in [0.15, 0.2) is 0 Å². The minimum atomic E-state index is 0.614. The Hall–Kier alpha value is -1.13. The lowest BCUT2D eigenvalue weighted by Gasteiger charge is -2.30. The second-order valence-electron chi connectivity index (χ2n) is 3.63. The molecule has 5 heteroatoms. The Kier molecular flexibility index (Phi) is 2.42. The van der Waals surface area contributed by atoms with Gasteiger partial charge in [0, 0.05) is 13.1 Å². The molecule has 1 saturated carbocycles. The highest BCUT2D eigenvalue weighted by Gasteiger charge is 2.19. The van der Waals surface area contributed by atoms with Crippen LogP contribution in [0.3, 0.4) is 0 Å². The van der Waals surface area contributed by atoms with Gasteiger partial charge >= 0.3 is 0 Å². The Bertz CT molecular complexity index is 239. The van der Waals surface area contributed by atoms with Crippen molar-refractivity contribution in [1.82, 2.24) is 20.6 Å². The number of anilines is 1. The number of H-pyrrole nitrogens is 1. The monoisotopic (exact) mass is 181 g/mol. The van der Waals surface area contributed by atoms with Gasteiger partial charge in [-0.3, -0.25) is 0 Å². The molecule has 2 rings (SSSR count). The largest absolute Gasteiger partial charge is 0.340 e. The van der Waals surface area contributed by atoms with Crippen molar-refractivity contribution in [1.29, 1.82) is 0 Å². The van der Waals surface area contributed by atoms with Crippen LogP contribution in [0, 0.1) is 0 Å². The van der Waals surface area contributed by atoms with E-state index in [2.05, 4.69) is 32.6 Å². The summed E-state index contributed by atoms with van der Waals surface area (Å²) in [5, 5.41) is 13.8. The molecule has 1 aliphatic carbocycles. The van der Waals surface area contributed by atoms with Crippen molar-refractivity contribution >= 4 is 5.95 Å². The molecule has 5 nitrogen and oxygen atoms in total. The maximum Gasteiger partial charge on any atom is 0.242 e. The Morgan fingerprint density at radius 2 is 2.08 bits per heavy atom. The summed E-state index contributed by atoms with van der Waals surface area (Å²) < 4.78 is 0. The lowest BCUT2D eigenvalue weighted by molar-refractivity contribution is 0.424. The summed E-state index contributed by atoms with van der Waals surface area (Å²) in [6, 6.07) is 0.614. The number of rotatable bonds is 2. The summed E-state index contributed by atoms with van der Waals surface area (Å²) in [5.41, 5.74) is 0. The second-order valence-corrected chi connectivity index (χ2v) is 3.63. The van der Waals surface area contributed by atoms with E-state index in [0.29, 0.717) is 6.04 Å². The van der Waals surface area contributed by atoms with Gasteiger partial charge in [0.25, 0.3) is 0 Å². The molecule has 0 radical (unpaired) electrons. The normalized spacial score (nSPS) is 18.8. The van der Waals surface area contributed by atoms with E-state index < -0.39 is 0 Å². The number of nitrogens with zero attached hydrogens (tertiary/aromatic N) is 4. The number of hydrogen-bond donors (Lipinski definition) is 1. The summed E-state index contributed by atoms with van der Waals surface area (Å²) in [4.78, 5) is 2.15. The van der Waals surface area contributed by atoms with Gasteiger partial charge in [0.05, 0.1) is 0 Å². The fourth-order valence-corrected chi connectivity index (χ4v) is 1.94. The standard InChI is InChI=1S/C8H15N5/c1-13(8-9-11-12-10-8)7-5-3-2-4-6-7/h7H,2-6H2,1H3,(H,9,10,11,12). The van der Waals surface area contributed by atoms with Gasteiger partial charge in [-0.2, -0.15) is 0 Å². The second kappa shape index (κ2) is 3.72. The van der Waals surface area contributed by atoms with Gasteiger partial charge < -0.3 is 4.90 Å². The molecule has 13 heavy (non-hydrogen) atoms. The first-order valence-electron chi connectivity index (χ1n) is 4.84. The Balaban J connectivity index is 1.99. The molecule has 1 aromatic rings.